The summed E-state index contributed by atoms with van der Waals surface area (Å²) in [5, 5.41) is 8.27. The van der Waals surface area contributed by atoms with Gasteiger partial charge in [0.05, 0.1) is 13.2 Å². The molecule has 0 amide bonds. The van der Waals surface area contributed by atoms with Crippen molar-refractivity contribution < 1.29 is 13.9 Å². The summed E-state index contributed by atoms with van der Waals surface area (Å²) in [5.41, 5.74) is 7.22. The number of hydrogen-bond acceptors (Lipinski definition) is 7. The fraction of sp³-hybridized carbons (Fsp3) is 0.429. The summed E-state index contributed by atoms with van der Waals surface area (Å²) in [5.74, 6) is 2.76. The number of aryl methyl sites for hydroxylation is 1. The minimum atomic E-state index is -0.139. The largest absolute Gasteiger partial charge is 0.490 e. The van der Waals surface area contributed by atoms with Crippen molar-refractivity contribution in [3.63, 3.8) is 0 Å². The third-order valence-corrected chi connectivity index (χ3v) is 4.03. The number of rotatable bonds is 4. The summed E-state index contributed by atoms with van der Waals surface area (Å²) in [4.78, 5) is 0. The van der Waals surface area contributed by atoms with Crippen LogP contribution in [0.15, 0.2) is 27.8 Å². The normalized spacial score (nSPS) is 15.5. The number of ether oxygens (including phenoxy) is 2. The summed E-state index contributed by atoms with van der Waals surface area (Å²) in [6, 6.07) is 5.69. The molecule has 0 aliphatic carbocycles. The van der Waals surface area contributed by atoms with Gasteiger partial charge in [0.1, 0.15) is 0 Å². The second-order valence-electron chi connectivity index (χ2n) is 4.76. The summed E-state index contributed by atoms with van der Waals surface area (Å²) < 4.78 is 16.6. The van der Waals surface area contributed by atoms with Crippen LogP contribution in [0.5, 0.6) is 11.5 Å². The SMILES string of the molecule is Cc1nnc(SCC(N)c2ccc3c(c2)OCCCO3)o1. The molecule has 1 atom stereocenters. The summed E-state index contributed by atoms with van der Waals surface area (Å²) in [6.45, 7) is 3.12. The quantitative estimate of drug-likeness (QED) is 0.868. The van der Waals surface area contributed by atoms with Gasteiger partial charge in [0.15, 0.2) is 11.5 Å². The molecule has 0 bridgehead atoms. The Morgan fingerprint density at radius 3 is 2.81 bits per heavy atom. The van der Waals surface area contributed by atoms with Crippen molar-refractivity contribution in [3.05, 3.63) is 29.7 Å². The molecule has 1 aromatic carbocycles. The van der Waals surface area contributed by atoms with Crippen molar-refractivity contribution in [1.29, 1.82) is 0 Å². The van der Waals surface area contributed by atoms with Gasteiger partial charge in [0.2, 0.25) is 5.89 Å². The Bertz CT molecular complexity index is 617. The fourth-order valence-electron chi connectivity index (χ4n) is 2.00. The molecule has 1 aromatic heterocycles. The van der Waals surface area contributed by atoms with Gasteiger partial charge in [0.25, 0.3) is 5.22 Å². The third-order valence-electron chi connectivity index (χ3n) is 3.09. The van der Waals surface area contributed by atoms with Crippen LogP contribution >= 0.6 is 11.8 Å². The molecule has 0 spiro atoms. The van der Waals surface area contributed by atoms with E-state index in [1.165, 1.54) is 11.8 Å². The van der Waals surface area contributed by atoms with Gasteiger partial charge < -0.3 is 19.6 Å². The first-order valence-electron chi connectivity index (χ1n) is 6.80. The van der Waals surface area contributed by atoms with Gasteiger partial charge in [-0.05, 0) is 17.7 Å². The molecule has 2 aromatic rings. The Morgan fingerprint density at radius 2 is 2.05 bits per heavy atom. The summed E-state index contributed by atoms with van der Waals surface area (Å²) in [7, 11) is 0. The van der Waals surface area contributed by atoms with E-state index in [1.807, 2.05) is 18.2 Å². The van der Waals surface area contributed by atoms with Gasteiger partial charge in [-0.2, -0.15) is 0 Å². The van der Waals surface area contributed by atoms with Crippen molar-refractivity contribution in [1.82, 2.24) is 10.2 Å². The molecule has 1 unspecified atom stereocenters. The highest BCUT2D eigenvalue weighted by atomic mass is 32.2. The highest BCUT2D eigenvalue weighted by molar-refractivity contribution is 7.99. The third kappa shape index (κ3) is 3.48. The summed E-state index contributed by atoms with van der Waals surface area (Å²) >= 11 is 1.45. The number of nitrogens with zero attached hydrogens (tertiary/aromatic N) is 2. The Morgan fingerprint density at radius 1 is 1.24 bits per heavy atom. The minimum Gasteiger partial charge on any atom is -0.490 e. The number of thioether (sulfide) groups is 1. The van der Waals surface area contributed by atoms with Crippen LogP contribution in [0, 0.1) is 6.92 Å². The zero-order valence-corrected chi connectivity index (χ0v) is 12.6. The lowest BCUT2D eigenvalue weighted by Crippen LogP contribution is -2.13. The molecule has 112 valence electrons. The van der Waals surface area contributed by atoms with Crippen LogP contribution in [0.1, 0.15) is 23.9 Å². The molecule has 0 fully saturated rings. The van der Waals surface area contributed by atoms with Gasteiger partial charge in [-0.25, -0.2) is 0 Å². The van der Waals surface area contributed by atoms with Crippen molar-refractivity contribution in [2.75, 3.05) is 19.0 Å². The molecule has 21 heavy (non-hydrogen) atoms. The van der Waals surface area contributed by atoms with E-state index in [-0.39, 0.29) is 6.04 Å². The first kappa shape index (κ1) is 14.2. The van der Waals surface area contributed by atoms with Crippen molar-refractivity contribution in [2.24, 2.45) is 5.73 Å². The maximum absolute atomic E-state index is 6.21. The Kier molecular flexibility index (Phi) is 4.31. The van der Waals surface area contributed by atoms with E-state index >= 15 is 0 Å². The molecule has 6 nitrogen and oxygen atoms in total. The Hall–Kier alpha value is -1.73. The van der Waals surface area contributed by atoms with Crippen LogP contribution in [0.2, 0.25) is 0 Å². The van der Waals surface area contributed by atoms with Crippen molar-refractivity contribution in [2.45, 2.75) is 24.6 Å². The number of hydrogen-bond donors (Lipinski definition) is 1. The maximum Gasteiger partial charge on any atom is 0.276 e. The average molecular weight is 307 g/mol. The lowest BCUT2D eigenvalue weighted by molar-refractivity contribution is 0.297. The number of fused-ring (bicyclic) bond motifs is 1. The summed E-state index contributed by atoms with van der Waals surface area (Å²) in [6.07, 6.45) is 0.891. The van der Waals surface area contributed by atoms with Gasteiger partial charge in [-0.3, -0.25) is 0 Å². The lowest BCUT2D eigenvalue weighted by atomic mass is 10.1. The topological polar surface area (TPSA) is 83.4 Å². The highest BCUT2D eigenvalue weighted by Gasteiger charge is 2.15. The van der Waals surface area contributed by atoms with E-state index < -0.39 is 0 Å². The van der Waals surface area contributed by atoms with Crippen LogP contribution in [0.4, 0.5) is 0 Å². The second kappa shape index (κ2) is 6.36. The average Bonchev–Trinajstić information content (AvgIpc) is 2.77. The molecular weight excluding hydrogens is 290 g/mol. The van der Waals surface area contributed by atoms with Gasteiger partial charge in [0, 0.05) is 25.1 Å². The number of nitrogens with two attached hydrogens (primary N) is 1. The van der Waals surface area contributed by atoms with Crippen LogP contribution in [0.3, 0.4) is 0 Å². The highest BCUT2D eigenvalue weighted by Crippen LogP contribution is 2.33. The fourth-order valence-corrected chi connectivity index (χ4v) is 2.80. The molecule has 1 aliphatic heterocycles. The standard InChI is InChI=1S/C14H17N3O3S/c1-9-16-17-14(20-9)21-8-11(15)10-3-4-12-13(7-10)19-6-2-5-18-12/h3-4,7,11H,2,5-6,8,15H2,1H3. The molecule has 1 aliphatic rings. The van der Waals surface area contributed by atoms with E-state index in [4.69, 9.17) is 19.6 Å². The molecular formula is C14H17N3O3S. The predicted octanol–water partition coefficient (Wildman–Crippen LogP) is 2.33. The van der Waals surface area contributed by atoms with Crippen molar-refractivity contribution >= 4 is 11.8 Å². The van der Waals surface area contributed by atoms with Gasteiger partial charge >= 0.3 is 0 Å². The predicted molar refractivity (Wildman–Crippen MR) is 78.7 cm³/mol. The molecule has 0 saturated carbocycles. The second-order valence-corrected chi connectivity index (χ2v) is 5.73. The minimum absolute atomic E-state index is 0.139. The molecule has 0 radical (unpaired) electrons. The Labute approximate surface area is 127 Å². The first-order chi connectivity index (χ1) is 10.2. The molecule has 2 heterocycles. The van der Waals surface area contributed by atoms with Gasteiger partial charge in [-0.15, -0.1) is 10.2 Å². The zero-order valence-electron chi connectivity index (χ0n) is 11.7. The smallest absolute Gasteiger partial charge is 0.276 e. The van der Waals surface area contributed by atoms with E-state index in [0.717, 1.165) is 23.5 Å². The van der Waals surface area contributed by atoms with Gasteiger partial charge in [-0.1, -0.05) is 17.8 Å². The van der Waals surface area contributed by atoms with E-state index in [0.29, 0.717) is 30.1 Å². The zero-order chi connectivity index (χ0) is 14.7. The lowest BCUT2D eigenvalue weighted by Gasteiger charge is -2.13. The monoisotopic (exact) mass is 307 g/mol. The first-order valence-corrected chi connectivity index (χ1v) is 7.79. The van der Waals surface area contributed by atoms with Crippen LogP contribution in [-0.2, 0) is 0 Å². The molecule has 2 N–H and O–H groups in total. The van der Waals surface area contributed by atoms with Crippen LogP contribution in [-0.4, -0.2) is 29.2 Å². The Balaban J connectivity index is 1.66. The molecule has 3 rings (SSSR count). The van der Waals surface area contributed by atoms with Crippen LogP contribution < -0.4 is 15.2 Å². The molecule has 7 heteroatoms. The maximum atomic E-state index is 6.21. The number of aromatic nitrogens is 2. The van der Waals surface area contributed by atoms with E-state index in [9.17, 15) is 0 Å². The molecule has 0 saturated heterocycles. The van der Waals surface area contributed by atoms with E-state index in [2.05, 4.69) is 10.2 Å². The number of benzene rings is 1. The van der Waals surface area contributed by atoms with Crippen molar-refractivity contribution in [3.8, 4) is 11.5 Å². The van der Waals surface area contributed by atoms with Crippen LogP contribution in [0.25, 0.3) is 0 Å². The van der Waals surface area contributed by atoms with E-state index in [1.54, 1.807) is 6.92 Å².